The van der Waals surface area contributed by atoms with E-state index in [0.717, 1.165) is 32.5 Å². The molecule has 3 aliphatic rings. The van der Waals surface area contributed by atoms with Gasteiger partial charge in [-0.05, 0) is 25.2 Å². The van der Waals surface area contributed by atoms with Gasteiger partial charge >= 0.3 is 0 Å². The molecule has 17 heavy (non-hydrogen) atoms. The molecular weight excluding hydrogens is 216 g/mol. The van der Waals surface area contributed by atoms with E-state index in [1.54, 1.807) is 0 Å². The molecule has 0 saturated carbocycles. The molecule has 0 aromatic rings. The molecule has 0 aliphatic carbocycles. The maximum Gasteiger partial charge on any atom is 0.168 e. The van der Waals surface area contributed by atoms with E-state index < -0.39 is 0 Å². The van der Waals surface area contributed by atoms with Crippen LogP contribution in [0.3, 0.4) is 0 Å². The van der Waals surface area contributed by atoms with Crippen molar-refractivity contribution in [1.82, 2.24) is 0 Å². The molecule has 3 heteroatoms. The van der Waals surface area contributed by atoms with Gasteiger partial charge in [0.15, 0.2) is 5.79 Å². The first kappa shape index (κ1) is 11.9. The second-order valence-corrected chi connectivity index (χ2v) is 6.22. The molecule has 0 bridgehead atoms. The van der Waals surface area contributed by atoms with Crippen LogP contribution in [-0.2, 0) is 14.2 Å². The summed E-state index contributed by atoms with van der Waals surface area (Å²) in [6, 6.07) is 0. The van der Waals surface area contributed by atoms with Crippen molar-refractivity contribution in [1.29, 1.82) is 0 Å². The van der Waals surface area contributed by atoms with Crippen molar-refractivity contribution in [3.63, 3.8) is 0 Å². The van der Waals surface area contributed by atoms with Gasteiger partial charge in [-0.2, -0.15) is 0 Å². The maximum absolute atomic E-state index is 6.22. The summed E-state index contributed by atoms with van der Waals surface area (Å²) in [5.74, 6) is 1.07. The van der Waals surface area contributed by atoms with Crippen molar-refractivity contribution in [2.75, 3.05) is 13.2 Å². The molecule has 0 aromatic carbocycles. The van der Waals surface area contributed by atoms with Crippen LogP contribution in [0.1, 0.15) is 46.0 Å². The third-order valence-corrected chi connectivity index (χ3v) is 4.43. The predicted octanol–water partition coefficient (Wildman–Crippen LogP) is 2.73. The molecule has 98 valence electrons. The summed E-state index contributed by atoms with van der Waals surface area (Å²) in [5, 5.41) is 0. The standard InChI is InChI=1S/C14H24O3/c1-10(2)8-12-11-4-6-14(5-3-7-16-14)17-13(11)9-15-12/h10-13H,3-9H2,1-2H3. The van der Waals surface area contributed by atoms with Gasteiger partial charge in [0, 0.05) is 18.8 Å². The molecule has 4 unspecified atom stereocenters. The summed E-state index contributed by atoms with van der Waals surface area (Å²) >= 11 is 0. The normalized spacial score (nSPS) is 45.7. The highest BCUT2D eigenvalue weighted by atomic mass is 16.7. The first-order chi connectivity index (χ1) is 8.19. The van der Waals surface area contributed by atoms with E-state index in [1.165, 1.54) is 12.8 Å². The molecule has 3 fully saturated rings. The van der Waals surface area contributed by atoms with E-state index in [9.17, 15) is 0 Å². The Morgan fingerprint density at radius 1 is 1.29 bits per heavy atom. The van der Waals surface area contributed by atoms with Gasteiger partial charge in [-0.3, -0.25) is 0 Å². The predicted molar refractivity (Wildman–Crippen MR) is 64.7 cm³/mol. The molecule has 1 spiro atoms. The molecule has 0 aromatic heterocycles. The number of ether oxygens (including phenoxy) is 3. The SMILES string of the molecule is CC(C)CC1OCC2OC3(CCCO3)CCC12. The lowest BCUT2D eigenvalue weighted by atomic mass is 9.84. The van der Waals surface area contributed by atoms with Gasteiger partial charge < -0.3 is 14.2 Å². The smallest absolute Gasteiger partial charge is 0.168 e. The zero-order valence-corrected chi connectivity index (χ0v) is 11.0. The minimum Gasteiger partial charge on any atom is -0.375 e. The van der Waals surface area contributed by atoms with Crippen LogP contribution in [0.15, 0.2) is 0 Å². The van der Waals surface area contributed by atoms with E-state index in [4.69, 9.17) is 14.2 Å². The highest BCUT2D eigenvalue weighted by molar-refractivity contribution is 4.93. The second-order valence-electron chi connectivity index (χ2n) is 6.22. The van der Waals surface area contributed by atoms with E-state index in [-0.39, 0.29) is 11.9 Å². The van der Waals surface area contributed by atoms with Gasteiger partial charge in [0.1, 0.15) is 0 Å². The minimum atomic E-state index is -0.239. The fraction of sp³-hybridized carbons (Fsp3) is 1.00. The average Bonchev–Trinajstić information content (AvgIpc) is 2.87. The molecule has 0 N–H and O–H groups in total. The zero-order valence-electron chi connectivity index (χ0n) is 11.0. The quantitative estimate of drug-likeness (QED) is 0.743. The number of rotatable bonds is 2. The fourth-order valence-electron chi connectivity index (χ4n) is 3.59. The van der Waals surface area contributed by atoms with Crippen molar-refractivity contribution >= 4 is 0 Å². The Kier molecular flexibility index (Phi) is 3.18. The molecule has 0 amide bonds. The van der Waals surface area contributed by atoms with Gasteiger partial charge in [0.05, 0.1) is 25.4 Å². The van der Waals surface area contributed by atoms with Crippen LogP contribution in [-0.4, -0.2) is 31.2 Å². The molecule has 3 rings (SSSR count). The van der Waals surface area contributed by atoms with Crippen LogP contribution in [0, 0.1) is 11.8 Å². The van der Waals surface area contributed by atoms with Gasteiger partial charge in [-0.25, -0.2) is 0 Å². The lowest BCUT2D eigenvalue weighted by Gasteiger charge is -2.40. The summed E-state index contributed by atoms with van der Waals surface area (Å²) in [7, 11) is 0. The van der Waals surface area contributed by atoms with Crippen molar-refractivity contribution < 1.29 is 14.2 Å². The second kappa shape index (κ2) is 4.52. The van der Waals surface area contributed by atoms with Crippen LogP contribution in [0.4, 0.5) is 0 Å². The zero-order chi connectivity index (χ0) is 11.9. The Balaban J connectivity index is 1.63. The van der Waals surface area contributed by atoms with Gasteiger partial charge in [-0.1, -0.05) is 13.8 Å². The maximum atomic E-state index is 6.22. The fourth-order valence-corrected chi connectivity index (χ4v) is 3.59. The van der Waals surface area contributed by atoms with Crippen LogP contribution < -0.4 is 0 Å². The van der Waals surface area contributed by atoms with Gasteiger partial charge in [-0.15, -0.1) is 0 Å². The highest BCUT2D eigenvalue weighted by Gasteiger charge is 2.49. The Labute approximate surface area is 104 Å². The molecule has 4 atom stereocenters. The van der Waals surface area contributed by atoms with E-state index in [1.807, 2.05) is 0 Å². The van der Waals surface area contributed by atoms with Gasteiger partial charge in [0.2, 0.25) is 0 Å². The van der Waals surface area contributed by atoms with E-state index >= 15 is 0 Å². The molecule has 3 aliphatic heterocycles. The summed E-state index contributed by atoms with van der Waals surface area (Å²) in [6.07, 6.45) is 6.36. The van der Waals surface area contributed by atoms with Crippen molar-refractivity contribution in [3.8, 4) is 0 Å². The van der Waals surface area contributed by atoms with E-state index in [0.29, 0.717) is 17.9 Å². The Hall–Kier alpha value is -0.120. The summed E-state index contributed by atoms with van der Waals surface area (Å²) < 4.78 is 18.0. The van der Waals surface area contributed by atoms with Crippen LogP contribution in [0.2, 0.25) is 0 Å². The monoisotopic (exact) mass is 240 g/mol. The topological polar surface area (TPSA) is 27.7 Å². The summed E-state index contributed by atoms with van der Waals surface area (Å²) in [4.78, 5) is 0. The largest absolute Gasteiger partial charge is 0.375 e. The van der Waals surface area contributed by atoms with Crippen molar-refractivity contribution in [3.05, 3.63) is 0 Å². The number of fused-ring (bicyclic) bond motifs is 1. The van der Waals surface area contributed by atoms with Crippen LogP contribution in [0.5, 0.6) is 0 Å². The first-order valence-corrected chi connectivity index (χ1v) is 7.12. The Morgan fingerprint density at radius 3 is 2.88 bits per heavy atom. The Morgan fingerprint density at radius 2 is 2.18 bits per heavy atom. The summed E-state index contributed by atoms with van der Waals surface area (Å²) in [6.45, 7) is 6.17. The lowest BCUT2D eigenvalue weighted by molar-refractivity contribution is -0.264. The Bertz CT molecular complexity index is 271. The molecular formula is C14H24O3. The third kappa shape index (κ3) is 2.25. The number of hydrogen-bond acceptors (Lipinski definition) is 3. The molecule has 3 nitrogen and oxygen atoms in total. The molecule has 0 radical (unpaired) electrons. The van der Waals surface area contributed by atoms with Crippen molar-refractivity contribution in [2.45, 2.75) is 63.9 Å². The van der Waals surface area contributed by atoms with Crippen LogP contribution >= 0.6 is 0 Å². The molecule has 3 heterocycles. The first-order valence-electron chi connectivity index (χ1n) is 7.12. The number of hydrogen-bond donors (Lipinski definition) is 0. The highest BCUT2D eigenvalue weighted by Crippen LogP contribution is 2.44. The average molecular weight is 240 g/mol. The minimum absolute atomic E-state index is 0.239. The van der Waals surface area contributed by atoms with Crippen molar-refractivity contribution in [2.24, 2.45) is 11.8 Å². The summed E-state index contributed by atoms with van der Waals surface area (Å²) in [5.41, 5.74) is 0. The molecule has 3 saturated heterocycles. The lowest BCUT2D eigenvalue weighted by Crippen LogP contribution is -2.45. The van der Waals surface area contributed by atoms with Crippen LogP contribution in [0.25, 0.3) is 0 Å². The van der Waals surface area contributed by atoms with Gasteiger partial charge in [0.25, 0.3) is 0 Å². The third-order valence-electron chi connectivity index (χ3n) is 4.43. The van der Waals surface area contributed by atoms with E-state index in [2.05, 4.69) is 13.8 Å².